The number of aryl methyl sites for hydroxylation is 1. The third kappa shape index (κ3) is 3.36. The van der Waals surface area contributed by atoms with Gasteiger partial charge in [0, 0.05) is 0 Å². The number of unbranched alkanes of at least 4 members (excludes halogenated alkanes) is 1. The maximum atomic E-state index is 2.25. The summed E-state index contributed by atoms with van der Waals surface area (Å²) < 4.78 is 0. The first-order chi connectivity index (χ1) is 5.83. The van der Waals surface area contributed by atoms with Crippen LogP contribution in [0.25, 0.3) is 0 Å². The van der Waals surface area contributed by atoms with Crippen LogP contribution in [-0.2, 0) is 0 Å². The summed E-state index contributed by atoms with van der Waals surface area (Å²) in [4.78, 5) is 0. The molecule has 0 aliphatic rings. The average molecular weight is 180 g/mol. The maximum absolute atomic E-state index is 2.25. The number of rotatable bonds is 4. The Labute approximate surface area is 77.2 Å². The van der Waals surface area contributed by atoms with Gasteiger partial charge in [0.25, 0.3) is 0 Å². The van der Waals surface area contributed by atoms with Gasteiger partial charge in [0.05, 0.1) is 0 Å². The van der Waals surface area contributed by atoms with Crippen molar-refractivity contribution in [3.05, 3.63) is 29.8 Å². The van der Waals surface area contributed by atoms with Crippen LogP contribution >= 0.6 is 8.58 Å². The van der Waals surface area contributed by atoms with E-state index in [-0.39, 0.29) is 0 Å². The zero-order valence-corrected chi connectivity index (χ0v) is 8.93. The minimum absolute atomic E-state index is 1.01. The molecule has 0 spiro atoms. The first kappa shape index (κ1) is 9.74. The van der Waals surface area contributed by atoms with Gasteiger partial charge < -0.3 is 0 Å². The van der Waals surface area contributed by atoms with Gasteiger partial charge in [0.1, 0.15) is 0 Å². The fraction of sp³-hybridized carbons (Fsp3) is 0.455. The second kappa shape index (κ2) is 5.32. The van der Waals surface area contributed by atoms with Gasteiger partial charge in [-0.15, -0.1) is 0 Å². The predicted molar refractivity (Wildman–Crippen MR) is 58.9 cm³/mol. The fourth-order valence-corrected chi connectivity index (χ4v) is 2.30. The first-order valence-corrected chi connectivity index (χ1v) is 5.84. The molecule has 0 heterocycles. The van der Waals surface area contributed by atoms with E-state index in [1.165, 1.54) is 29.9 Å². The van der Waals surface area contributed by atoms with E-state index in [9.17, 15) is 0 Å². The summed E-state index contributed by atoms with van der Waals surface area (Å²) in [7, 11) is 1.01. The van der Waals surface area contributed by atoms with Gasteiger partial charge in [-0.25, -0.2) is 0 Å². The largest absolute Gasteiger partial charge is 0.0904 e. The van der Waals surface area contributed by atoms with Gasteiger partial charge in [0.15, 0.2) is 0 Å². The minimum Gasteiger partial charge on any atom is -0.0904 e. The summed E-state index contributed by atoms with van der Waals surface area (Å²) in [6.07, 6.45) is 4.05. The SMILES string of the molecule is CCCCPc1ccc(C)cc1. The van der Waals surface area contributed by atoms with Crippen LogP contribution in [0, 0.1) is 6.92 Å². The van der Waals surface area contributed by atoms with Gasteiger partial charge in [-0.1, -0.05) is 51.8 Å². The van der Waals surface area contributed by atoms with Gasteiger partial charge in [-0.3, -0.25) is 0 Å². The standard InChI is InChI=1S/C11H17P/c1-3-4-9-12-11-7-5-10(2)6-8-11/h5-8,12H,3-4,9H2,1-2H3. The van der Waals surface area contributed by atoms with Crippen molar-refractivity contribution in [2.75, 3.05) is 6.16 Å². The second-order valence-electron chi connectivity index (χ2n) is 3.15. The third-order valence-electron chi connectivity index (χ3n) is 1.91. The molecule has 1 aromatic rings. The number of hydrogen-bond donors (Lipinski definition) is 0. The molecular weight excluding hydrogens is 163 g/mol. The van der Waals surface area contributed by atoms with Gasteiger partial charge >= 0.3 is 0 Å². The molecule has 1 unspecified atom stereocenters. The van der Waals surface area contributed by atoms with Crippen LogP contribution in [0.4, 0.5) is 0 Å². The van der Waals surface area contributed by atoms with E-state index in [2.05, 4.69) is 38.1 Å². The molecule has 0 aliphatic heterocycles. The van der Waals surface area contributed by atoms with Crippen molar-refractivity contribution in [1.29, 1.82) is 0 Å². The highest BCUT2D eigenvalue weighted by molar-refractivity contribution is 7.47. The number of hydrogen-bond acceptors (Lipinski definition) is 0. The summed E-state index contributed by atoms with van der Waals surface area (Å²) in [6.45, 7) is 4.39. The molecule has 12 heavy (non-hydrogen) atoms. The Morgan fingerprint density at radius 2 is 1.83 bits per heavy atom. The fourth-order valence-electron chi connectivity index (χ4n) is 1.08. The van der Waals surface area contributed by atoms with Crippen molar-refractivity contribution in [3.8, 4) is 0 Å². The summed E-state index contributed by atoms with van der Waals surface area (Å²) in [5.74, 6) is 0. The molecule has 0 aliphatic carbocycles. The lowest BCUT2D eigenvalue weighted by atomic mass is 10.2. The summed E-state index contributed by atoms with van der Waals surface area (Å²) in [5, 5.41) is 1.51. The Kier molecular flexibility index (Phi) is 4.32. The smallest absolute Gasteiger partial charge is 0.0271 e. The molecule has 1 heteroatoms. The van der Waals surface area contributed by atoms with E-state index >= 15 is 0 Å². The van der Waals surface area contributed by atoms with Crippen molar-refractivity contribution in [1.82, 2.24) is 0 Å². The van der Waals surface area contributed by atoms with E-state index in [0.717, 1.165) is 8.58 Å². The van der Waals surface area contributed by atoms with Crippen molar-refractivity contribution in [3.63, 3.8) is 0 Å². The second-order valence-corrected chi connectivity index (χ2v) is 4.58. The Morgan fingerprint density at radius 1 is 1.17 bits per heavy atom. The van der Waals surface area contributed by atoms with Crippen LogP contribution in [0.15, 0.2) is 24.3 Å². The topological polar surface area (TPSA) is 0 Å². The van der Waals surface area contributed by atoms with Gasteiger partial charge in [0.2, 0.25) is 0 Å². The van der Waals surface area contributed by atoms with E-state index in [0.29, 0.717) is 0 Å². The molecule has 66 valence electrons. The molecule has 0 saturated heterocycles. The lowest BCUT2D eigenvalue weighted by molar-refractivity contribution is 0.895. The Morgan fingerprint density at radius 3 is 2.42 bits per heavy atom. The molecule has 0 fully saturated rings. The maximum Gasteiger partial charge on any atom is -0.0271 e. The average Bonchev–Trinajstić information content (AvgIpc) is 2.09. The predicted octanol–water partition coefficient (Wildman–Crippen LogP) is 3.10. The van der Waals surface area contributed by atoms with Crippen LogP contribution in [-0.4, -0.2) is 6.16 Å². The van der Waals surface area contributed by atoms with Crippen molar-refractivity contribution < 1.29 is 0 Å². The Bertz CT molecular complexity index is 213. The third-order valence-corrected chi connectivity index (χ3v) is 3.26. The molecule has 1 aromatic carbocycles. The van der Waals surface area contributed by atoms with E-state index in [4.69, 9.17) is 0 Å². The zero-order valence-electron chi connectivity index (χ0n) is 7.93. The van der Waals surface area contributed by atoms with Crippen LogP contribution in [0.3, 0.4) is 0 Å². The number of benzene rings is 1. The van der Waals surface area contributed by atoms with Crippen molar-refractivity contribution in [2.24, 2.45) is 0 Å². The molecule has 0 bridgehead atoms. The molecule has 0 N–H and O–H groups in total. The molecule has 0 radical (unpaired) electrons. The Balaban J connectivity index is 2.37. The molecular formula is C11H17P. The molecule has 0 saturated carbocycles. The van der Waals surface area contributed by atoms with Crippen LogP contribution in [0.1, 0.15) is 25.3 Å². The van der Waals surface area contributed by atoms with Gasteiger partial charge in [-0.05, 0) is 24.8 Å². The van der Waals surface area contributed by atoms with E-state index < -0.39 is 0 Å². The van der Waals surface area contributed by atoms with Crippen LogP contribution in [0.2, 0.25) is 0 Å². The highest BCUT2D eigenvalue weighted by Crippen LogP contribution is 2.12. The highest BCUT2D eigenvalue weighted by atomic mass is 31.1. The van der Waals surface area contributed by atoms with Crippen LogP contribution in [0.5, 0.6) is 0 Å². The summed E-state index contributed by atoms with van der Waals surface area (Å²) in [5.41, 5.74) is 1.36. The van der Waals surface area contributed by atoms with Crippen molar-refractivity contribution >= 4 is 13.9 Å². The van der Waals surface area contributed by atoms with E-state index in [1.807, 2.05) is 0 Å². The monoisotopic (exact) mass is 180 g/mol. The molecule has 1 atom stereocenters. The quantitative estimate of drug-likeness (QED) is 0.493. The van der Waals surface area contributed by atoms with Gasteiger partial charge in [-0.2, -0.15) is 0 Å². The minimum atomic E-state index is 1.01. The zero-order chi connectivity index (χ0) is 8.81. The van der Waals surface area contributed by atoms with Crippen LogP contribution < -0.4 is 5.30 Å². The Hall–Kier alpha value is -0.350. The lowest BCUT2D eigenvalue weighted by Gasteiger charge is -2.00. The summed E-state index contributed by atoms with van der Waals surface area (Å²) >= 11 is 0. The normalized spacial score (nSPS) is 11.2. The summed E-state index contributed by atoms with van der Waals surface area (Å²) in [6, 6.07) is 8.91. The molecule has 0 aromatic heterocycles. The lowest BCUT2D eigenvalue weighted by Crippen LogP contribution is -1.94. The first-order valence-electron chi connectivity index (χ1n) is 4.63. The molecule has 0 amide bonds. The molecule has 0 nitrogen and oxygen atoms in total. The highest BCUT2D eigenvalue weighted by Gasteiger charge is 1.91. The molecule has 1 rings (SSSR count). The van der Waals surface area contributed by atoms with E-state index in [1.54, 1.807) is 0 Å². The van der Waals surface area contributed by atoms with Crippen molar-refractivity contribution in [2.45, 2.75) is 26.7 Å².